The van der Waals surface area contributed by atoms with Crippen LogP contribution in [0.25, 0.3) is 10.9 Å². The highest BCUT2D eigenvalue weighted by atomic mass is 16.5. The van der Waals surface area contributed by atoms with Gasteiger partial charge in [-0.2, -0.15) is 0 Å². The van der Waals surface area contributed by atoms with Crippen LogP contribution in [-0.4, -0.2) is 4.98 Å². The summed E-state index contributed by atoms with van der Waals surface area (Å²) in [7, 11) is 0. The Morgan fingerprint density at radius 2 is 1.95 bits per heavy atom. The summed E-state index contributed by atoms with van der Waals surface area (Å²) in [5.74, 6) is 0.857. The normalized spacial score (nSPS) is 10.6. The van der Waals surface area contributed by atoms with Gasteiger partial charge in [0.2, 0.25) is 0 Å². The summed E-state index contributed by atoms with van der Waals surface area (Å²) in [5, 5.41) is 1.15. The number of benzene rings is 2. The zero-order chi connectivity index (χ0) is 13.1. The van der Waals surface area contributed by atoms with Gasteiger partial charge in [0.25, 0.3) is 0 Å². The van der Waals surface area contributed by atoms with Gasteiger partial charge in [-0.05, 0) is 42.8 Å². The summed E-state index contributed by atoms with van der Waals surface area (Å²) < 4.78 is 5.78. The molecular formula is C17H14NO. The molecule has 0 aliphatic rings. The minimum absolute atomic E-state index is 0.548. The van der Waals surface area contributed by atoms with Crippen molar-refractivity contribution >= 4 is 10.9 Å². The fraction of sp³-hybridized carbons (Fsp3) is 0.118. The van der Waals surface area contributed by atoms with Crippen LogP contribution in [0.4, 0.5) is 0 Å². The maximum atomic E-state index is 5.78. The number of ether oxygens (including phenoxy) is 1. The molecule has 0 unspecified atom stereocenters. The van der Waals surface area contributed by atoms with Gasteiger partial charge in [0.15, 0.2) is 0 Å². The molecule has 0 spiro atoms. The molecule has 1 radical (unpaired) electrons. The van der Waals surface area contributed by atoms with E-state index in [0.29, 0.717) is 6.61 Å². The largest absolute Gasteiger partial charge is 0.489 e. The molecule has 1 heterocycles. The molecule has 2 nitrogen and oxygen atoms in total. The van der Waals surface area contributed by atoms with Gasteiger partial charge in [0.1, 0.15) is 12.4 Å². The molecule has 0 saturated heterocycles. The third-order valence-corrected chi connectivity index (χ3v) is 3.07. The predicted molar refractivity (Wildman–Crippen MR) is 76.1 cm³/mol. The Hall–Kier alpha value is -2.35. The first-order valence-corrected chi connectivity index (χ1v) is 6.26. The number of nitrogens with zero attached hydrogens (tertiary/aromatic N) is 1. The lowest BCUT2D eigenvalue weighted by Gasteiger charge is -2.09. The molecule has 0 N–H and O–H groups in total. The summed E-state index contributed by atoms with van der Waals surface area (Å²) in [6, 6.07) is 18.8. The van der Waals surface area contributed by atoms with E-state index in [1.165, 1.54) is 5.56 Å². The highest BCUT2D eigenvalue weighted by molar-refractivity contribution is 5.82. The lowest BCUT2D eigenvalue weighted by atomic mass is 10.1. The number of aromatic nitrogens is 1. The molecule has 93 valence electrons. The summed E-state index contributed by atoms with van der Waals surface area (Å²) in [6.07, 6.45) is 1.83. The fourth-order valence-electron chi connectivity index (χ4n) is 2.07. The number of rotatable bonds is 3. The quantitative estimate of drug-likeness (QED) is 0.700. The first kappa shape index (κ1) is 11.7. The Morgan fingerprint density at radius 1 is 1.11 bits per heavy atom. The minimum Gasteiger partial charge on any atom is -0.489 e. The average Bonchev–Trinajstić information content (AvgIpc) is 2.45. The van der Waals surface area contributed by atoms with Crippen molar-refractivity contribution in [1.82, 2.24) is 4.98 Å². The SMILES string of the molecule is Cc1ccc2c(COc3cc[c]cc3)ccnc2c1. The molecule has 0 bridgehead atoms. The molecular weight excluding hydrogens is 234 g/mol. The van der Waals surface area contributed by atoms with Crippen molar-refractivity contribution in [1.29, 1.82) is 0 Å². The molecule has 2 aromatic carbocycles. The van der Waals surface area contributed by atoms with Crippen molar-refractivity contribution in [3.63, 3.8) is 0 Å². The van der Waals surface area contributed by atoms with Crippen LogP contribution in [0.1, 0.15) is 11.1 Å². The molecule has 19 heavy (non-hydrogen) atoms. The summed E-state index contributed by atoms with van der Waals surface area (Å²) in [5.41, 5.74) is 3.39. The van der Waals surface area contributed by atoms with Crippen molar-refractivity contribution < 1.29 is 4.74 Å². The molecule has 3 aromatic rings. The van der Waals surface area contributed by atoms with Gasteiger partial charge in [0, 0.05) is 17.1 Å². The van der Waals surface area contributed by atoms with E-state index in [4.69, 9.17) is 4.74 Å². The van der Waals surface area contributed by atoms with E-state index in [-0.39, 0.29) is 0 Å². The standard InChI is InChI=1S/C17H14NO/c1-13-7-8-16-14(9-10-18-17(16)11-13)12-19-15-5-3-2-4-6-15/h3-11H,12H2,1H3. The van der Waals surface area contributed by atoms with Crippen LogP contribution in [0, 0.1) is 13.0 Å². The van der Waals surface area contributed by atoms with Crippen molar-refractivity contribution in [3.05, 3.63) is 71.9 Å². The maximum Gasteiger partial charge on any atom is 0.119 e. The van der Waals surface area contributed by atoms with Gasteiger partial charge < -0.3 is 4.74 Å². The Balaban J connectivity index is 1.89. The second-order valence-corrected chi connectivity index (χ2v) is 4.52. The van der Waals surface area contributed by atoms with Gasteiger partial charge in [-0.15, -0.1) is 0 Å². The number of hydrogen-bond acceptors (Lipinski definition) is 2. The molecule has 0 fully saturated rings. The molecule has 0 amide bonds. The second kappa shape index (κ2) is 5.11. The topological polar surface area (TPSA) is 22.1 Å². The van der Waals surface area contributed by atoms with Crippen molar-refractivity contribution in [2.24, 2.45) is 0 Å². The molecule has 0 aliphatic heterocycles. The first-order chi connectivity index (χ1) is 9.33. The second-order valence-electron chi connectivity index (χ2n) is 4.52. The Bertz CT molecular complexity index is 692. The van der Waals surface area contributed by atoms with E-state index >= 15 is 0 Å². The van der Waals surface area contributed by atoms with Crippen LogP contribution in [0.15, 0.2) is 54.7 Å². The van der Waals surface area contributed by atoms with E-state index in [1.807, 2.05) is 36.5 Å². The third-order valence-electron chi connectivity index (χ3n) is 3.07. The molecule has 0 atom stereocenters. The lowest BCUT2D eigenvalue weighted by Crippen LogP contribution is -1.97. The van der Waals surface area contributed by atoms with Crippen LogP contribution in [0.5, 0.6) is 5.75 Å². The zero-order valence-electron chi connectivity index (χ0n) is 10.8. The Morgan fingerprint density at radius 3 is 2.79 bits per heavy atom. The van der Waals surface area contributed by atoms with Crippen molar-refractivity contribution in [3.8, 4) is 5.75 Å². The van der Waals surface area contributed by atoms with Crippen molar-refractivity contribution in [2.75, 3.05) is 0 Å². The van der Waals surface area contributed by atoms with E-state index in [1.54, 1.807) is 0 Å². The Labute approximate surface area is 112 Å². The average molecular weight is 248 g/mol. The summed E-state index contributed by atoms with van der Waals surface area (Å²) >= 11 is 0. The van der Waals surface area contributed by atoms with Gasteiger partial charge in [0.05, 0.1) is 5.52 Å². The molecule has 0 aliphatic carbocycles. The number of hydrogen-bond donors (Lipinski definition) is 0. The smallest absolute Gasteiger partial charge is 0.119 e. The summed E-state index contributed by atoms with van der Waals surface area (Å²) in [6.45, 7) is 2.62. The molecule has 0 saturated carbocycles. The minimum atomic E-state index is 0.548. The zero-order valence-corrected chi connectivity index (χ0v) is 10.8. The third kappa shape index (κ3) is 2.58. The van der Waals surface area contributed by atoms with E-state index in [0.717, 1.165) is 22.2 Å². The molecule has 2 heteroatoms. The van der Waals surface area contributed by atoms with Gasteiger partial charge in [-0.25, -0.2) is 0 Å². The predicted octanol–water partition coefficient (Wildman–Crippen LogP) is 3.92. The van der Waals surface area contributed by atoms with Crippen LogP contribution in [0.2, 0.25) is 0 Å². The summed E-state index contributed by atoms with van der Waals surface area (Å²) in [4.78, 5) is 4.40. The van der Waals surface area contributed by atoms with Crippen LogP contribution in [-0.2, 0) is 6.61 Å². The Kier molecular flexibility index (Phi) is 3.15. The van der Waals surface area contributed by atoms with Crippen LogP contribution >= 0.6 is 0 Å². The van der Waals surface area contributed by atoms with Crippen LogP contribution < -0.4 is 4.74 Å². The van der Waals surface area contributed by atoms with E-state index in [9.17, 15) is 0 Å². The lowest BCUT2D eigenvalue weighted by molar-refractivity contribution is 0.307. The van der Waals surface area contributed by atoms with Gasteiger partial charge in [-0.1, -0.05) is 24.3 Å². The number of pyridine rings is 1. The van der Waals surface area contributed by atoms with Gasteiger partial charge >= 0.3 is 0 Å². The fourth-order valence-corrected chi connectivity index (χ4v) is 2.07. The van der Waals surface area contributed by atoms with E-state index < -0.39 is 0 Å². The maximum absolute atomic E-state index is 5.78. The first-order valence-electron chi connectivity index (χ1n) is 6.26. The monoisotopic (exact) mass is 248 g/mol. The van der Waals surface area contributed by atoms with Crippen molar-refractivity contribution in [2.45, 2.75) is 13.5 Å². The van der Waals surface area contributed by atoms with E-state index in [2.05, 4.69) is 36.2 Å². The highest BCUT2D eigenvalue weighted by Gasteiger charge is 2.03. The van der Waals surface area contributed by atoms with Crippen LogP contribution in [0.3, 0.4) is 0 Å². The number of fused-ring (bicyclic) bond motifs is 1. The van der Waals surface area contributed by atoms with Gasteiger partial charge in [-0.3, -0.25) is 4.98 Å². The highest BCUT2D eigenvalue weighted by Crippen LogP contribution is 2.20. The molecule has 1 aromatic heterocycles. The number of aryl methyl sites for hydroxylation is 1. The molecule has 3 rings (SSSR count).